The number of anilines is 2. The maximum absolute atomic E-state index is 12.7. The van der Waals surface area contributed by atoms with Crippen LogP contribution >= 0.6 is 11.8 Å². The van der Waals surface area contributed by atoms with Crippen molar-refractivity contribution in [1.29, 1.82) is 0 Å². The minimum atomic E-state index is -0.634. The van der Waals surface area contributed by atoms with E-state index in [-0.39, 0.29) is 18.1 Å². The monoisotopic (exact) mass is 595 g/mol. The average Bonchev–Trinajstić information content (AvgIpc) is 3.40. The lowest BCUT2D eigenvalue weighted by atomic mass is 9.73. The Morgan fingerprint density at radius 2 is 1.88 bits per heavy atom. The molecule has 4 heterocycles. The van der Waals surface area contributed by atoms with Crippen LogP contribution in [-0.2, 0) is 19.8 Å². The number of amides is 1. The fourth-order valence-electron chi connectivity index (χ4n) is 5.67. The second kappa shape index (κ2) is 11.4. The zero-order valence-electron chi connectivity index (χ0n) is 23.3. The minimum Gasteiger partial charge on any atom is -0.383 e. The molecule has 1 saturated heterocycles. The molecule has 2 fully saturated rings. The number of nitrogens with two attached hydrogens (primary N) is 1. The van der Waals surface area contributed by atoms with Crippen molar-refractivity contribution in [2.24, 2.45) is 0 Å². The number of hydrogen-bond acceptors (Lipinski definition) is 8. The van der Waals surface area contributed by atoms with E-state index in [1.165, 1.54) is 0 Å². The standard InChI is InChI=1S/C32H30ClN7O3/c33-39-32(13-3-14-32)21-7-9-23(10-8-21)40-29(24-6-2-15-35-28(24)34)38-26-12-11-25(37-30(26)40)20-4-1-5-22(18-20)36-31(41)27-19-42-16-17-43-27/h1-2,4-12,15,18,27,39H,3,13-14,16-17,19H2,(H2,34,35)(H,36,41). The molecule has 10 nitrogen and oxygen atoms in total. The van der Waals surface area contributed by atoms with Crippen LogP contribution in [0.3, 0.4) is 0 Å². The first-order valence-corrected chi connectivity index (χ1v) is 14.6. The molecule has 0 spiro atoms. The van der Waals surface area contributed by atoms with Crippen LogP contribution in [0.25, 0.3) is 39.5 Å². The van der Waals surface area contributed by atoms with E-state index in [1.807, 2.05) is 53.1 Å². The van der Waals surface area contributed by atoms with E-state index < -0.39 is 6.10 Å². The van der Waals surface area contributed by atoms with Gasteiger partial charge in [0, 0.05) is 23.1 Å². The van der Waals surface area contributed by atoms with Crippen molar-refractivity contribution in [3.05, 3.63) is 84.6 Å². The number of ether oxygens (including phenoxy) is 2. The quantitative estimate of drug-likeness (QED) is 0.219. The SMILES string of the molecule is Nc1ncccc1-c1nc2ccc(-c3cccc(NC(=O)C4COCCO4)c3)nc2n1-c1ccc(C2(NCl)CCC2)cc1. The Morgan fingerprint density at radius 3 is 2.60 bits per heavy atom. The molecular weight excluding hydrogens is 566 g/mol. The zero-order valence-corrected chi connectivity index (χ0v) is 24.1. The summed E-state index contributed by atoms with van der Waals surface area (Å²) < 4.78 is 12.9. The summed E-state index contributed by atoms with van der Waals surface area (Å²) >= 11 is 6.16. The number of nitrogens with one attached hydrogen (secondary N) is 2. The van der Waals surface area contributed by atoms with E-state index in [0.29, 0.717) is 47.3 Å². The Balaban J connectivity index is 1.29. The number of imidazole rings is 1. The van der Waals surface area contributed by atoms with Crippen molar-refractivity contribution in [3.63, 3.8) is 0 Å². The Hall–Kier alpha value is -4.35. The number of hydrogen-bond donors (Lipinski definition) is 3. The maximum atomic E-state index is 12.7. The van der Waals surface area contributed by atoms with E-state index >= 15 is 0 Å². The average molecular weight is 596 g/mol. The van der Waals surface area contributed by atoms with Crippen molar-refractivity contribution in [3.8, 4) is 28.3 Å². The number of benzene rings is 2. The number of carbonyl (C=O) groups excluding carboxylic acids is 1. The van der Waals surface area contributed by atoms with Gasteiger partial charge in [0.25, 0.3) is 5.91 Å². The van der Waals surface area contributed by atoms with Gasteiger partial charge < -0.3 is 20.5 Å². The van der Waals surface area contributed by atoms with Crippen LogP contribution in [0.15, 0.2) is 79.0 Å². The molecule has 5 aromatic rings. The molecule has 1 saturated carbocycles. The van der Waals surface area contributed by atoms with E-state index in [0.717, 1.165) is 41.8 Å². The van der Waals surface area contributed by atoms with Gasteiger partial charge in [0.05, 0.1) is 36.6 Å². The van der Waals surface area contributed by atoms with Gasteiger partial charge in [-0.15, -0.1) is 0 Å². The number of carbonyl (C=O) groups is 1. The number of fused-ring (bicyclic) bond motifs is 1. The molecule has 11 heteroatoms. The van der Waals surface area contributed by atoms with Crippen molar-refractivity contribution in [2.45, 2.75) is 30.9 Å². The normalized spacial score (nSPS) is 17.8. The largest absolute Gasteiger partial charge is 0.383 e. The molecule has 2 aliphatic rings. The molecule has 1 atom stereocenters. The highest BCUT2D eigenvalue weighted by Crippen LogP contribution is 2.42. The van der Waals surface area contributed by atoms with E-state index in [1.54, 1.807) is 6.20 Å². The maximum Gasteiger partial charge on any atom is 0.255 e. The van der Waals surface area contributed by atoms with Crippen LogP contribution in [0.2, 0.25) is 0 Å². The lowest BCUT2D eigenvalue weighted by Gasteiger charge is -2.41. The molecule has 1 aliphatic carbocycles. The molecule has 0 radical (unpaired) electrons. The molecule has 0 bridgehead atoms. The van der Waals surface area contributed by atoms with Gasteiger partial charge in [-0.2, -0.15) is 0 Å². The number of halogens is 1. The van der Waals surface area contributed by atoms with Gasteiger partial charge in [-0.25, -0.2) is 19.8 Å². The Labute approximate surface area is 253 Å². The van der Waals surface area contributed by atoms with Crippen LogP contribution in [0.1, 0.15) is 24.8 Å². The number of pyridine rings is 2. The summed E-state index contributed by atoms with van der Waals surface area (Å²) in [6, 6.07) is 23.5. The Morgan fingerprint density at radius 1 is 1.02 bits per heavy atom. The molecule has 218 valence electrons. The molecule has 4 N–H and O–H groups in total. The number of rotatable bonds is 7. The number of nitrogens with zero attached hydrogens (tertiary/aromatic N) is 4. The van der Waals surface area contributed by atoms with Crippen molar-refractivity contribution in [2.75, 3.05) is 30.9 Å². The lowest BCUT2D eigenvalue weighted by Crippen LogP contribution is -2.43. The van der Waals surface area contributed by atoms with E-state index in [9.17, 15) is 4.79 Å². The first-order valence-electron chi connectivity index (χ1n) is 14.2. The topological polar surface area (TPSA) is 129 Å². The van der Waals surface area contributed by atoms with Crippen LogP contribution in [0.4, 0.5) is 11.5 Å². The minimum absolute atomic E-state index is 0.199. The molecule has 3 aromatic heterocycles. The highest BCUT2D eigenvalue weighted by Gasteiger charge is 2.38. The highest BCUT2D eigenvalue weighted by molar-refractivity contribution is 6.14. The van der Waals surface area contributed by atoms with E-state index in [2.05, 4.69) is 39.4 Å². The molecule has 1 aliphatic heterocycles. The van der Waals surface area contributed by atoms with Gasteiger partial charge in [-0.3, -0.25) is 9.36 Å². The lowest BCUT2D eigenvalue weighted by molar-refractivity contribution is -0.142. The summed E-state index contributed by atoms with van der Waals surface area (Å²) in [6.45, 7) is 1.13. The predicted octanol–water partition coefficient (Wildman–Crippen LogP) is 5.21. The van der Waals surface area contributed by atoms with E-state index in [4.69, 9.17) is 37.0 Å². The summed E-state index contributed by atoms with van der Waals surface area (Å²) in [5.41, 5.74) is 12.4. The Kier molecular flexibility index (Phi) is 7.28. The van der Waals surface area contributed by atoms with Gasteiger partial charge in [-0.05, 0) is 85.1 Å². The van der Waals surface area contributed by atoms with Crippen LogP contribution in [-0.4, -0.2) is 51.4 Å². The third-order valence-electron chi connectivity index (χ3n) is 8.18. The molecule has 1 unspecified atom stereocenters. The van der Waals surface area contributed by atoms with Gasteiger partial charge in [-0.1, -0.05) is 24.3 Å². The van der Waals surface area contributed by atoms with Gasteiger partial charge in [0.15, 0.2) is 17.6 Å². The predicted molar refractivity (Wildman–Crippen MR) is 166 cm³/mol. The fraction of sp³-hybridized carbons (Fsp3) is 0.250. The van der Waals surface area contributed by atoms with Crippen molar-refractivity contribution in [1.82, 2.24) is 24.4 Å². The summed E-state index contributed by atoms with van der Waals surface area (Å²) in [5.74, 6) is 0.780. The summed E-state index contributed by atoms with van der Waals surface area (Å²) in [4.78, 5) is 30.0. The summed E-state index contributed by atoms with van der Waals surface area (Å²) in [5, 5.41) is 2.94. The Bertz CT molecular complexity index is 1790. The second-order valence-electron chi connectivity index (χ2n) is 10.8. The molecular formula is C32H30ClN7O3. The summed E-state index contributed by atoms with van der Waals surface area (Å²) in [6.07, 6.45) is 4.15. The fourth-order valence-corrected chi connectivity index (χ4v) is 5.96. The van der Waals surface area contributed by atoms with Gasteiger partial charge in [0.1, 0.15) is 11.3 Å². The van der Waals surface area contributed by atoms with Crippen molar-refractivity contribution >= 4 is 40.4 Å². The molecule has 1 amide bonds. The third-order valence-corrected chi connectivity index (χ3v) is 8.55. The highest BCUT2D eigenvalue weighted by atomic mass is 35.5. The number of nitrogen functional groups attached to an aromatic ring is 1. The first kappa shape index (κ1) is 27.5. The first-order chi connectivity index (χ1) is 21.0. The van der Waals surface area contributed by atoms with Gasteiger partial charge >= 0.3 is 0 Å². The van der Waals surface area contributed by atoms with Crippen LogP contribution < -0.4 is 15.9 Å². The molecule has 43 heavy (non-hydrogen) atoms. The zero-order chi connectivity index (χ0) is 29.4. The van der Waals surface area contributed by atoms with Gasteiger partial charge in [0.2, 0.25) is 0 Å². The smallest absolute Gasteiger partial charge is 0.255 e. The van der Waals surface area contributed by atoms with Crippen molar-refractivity contribution < 1.29 is 14.3 Å². The number of aromatic nitrogens is 4. The van der Waals surface area contributed by atoms with Crippen LogP contribution in [0, 0.1) is 0 Å². The molecule has 2 aromatic carbocycles. The van der Waals surface area contributed by atoms with Crippen LogP contribution in [0.5, 0.6) is 0 Å². The second-order valence-corrected chi connectivity index (χ2v) is 11.0. The summed E-state index contributed by atoms with van der Waals surface area (Å²) in [7, 11) is 0. The molecule has 7 rings (SSSR count). The third kappa shape index (κ3) is 5.12.